The fraction of sp³-hybridized carbons (Fsp3) is 0.160. The largest absolute Gasteiger partial charge is 0.497 e. The second-order valence-electron chi connectivity index (χ2n) is 7.31. The first-order valence-electron chi connectivity index (χ1n) is 10.6. The zero-order valence-corrected chi connectivity index (χ0v) is 20.7. The first-order chi connectivity index (χ1) is 17.2. The summed E-state index contributed by atoms with van der Waals surface area (Å²) in [5.41, 5.74) is 3.15. The second kappa shape index (κ2) is 11.8. The van der Waals surface area contributed by atoms with E-state index in [0.29, 0.717) is 17.1 Å². The molecule has 3 aromatic carbocycles. The lowest BCUT2D eigenvalue weighted by Crippen LogP contribution is -2.39. The van der Waals surface area contributed by atoms with Crippen LogP contribution in [-0.2, 0) is 19.6 Å². The number of benzene rings is 3. The summed E-state index contributed by atoms with van der Waals surface area (Å²) in [7, 11) is -1.27. The van der Waals surface area contributed by atoms with Gasteiger partial charge in [0, 0.05) is 6.92 Å². The molecule has 1 amide bonds. The molecule has 0 spiro atoms. The predicted octanol–water partition coefficient (Wildman–Crippen LogP) is 2.97. The van der Waals surface area contributed by atoms with E-state index in [9.17, 15) is 18.0 Å². The molecule has 0 atom stereocenters. The maximum atomic E-state index is 13.5. The first kappa shape index (κ1) is 26.2. The molecule has 36 heavy (non-hydrogen) atoms. The Labute approximate surface area is 209 Å². The van der Waals surface area contributed by atoms with Gasteiger partial charge in [0.2, 0.25) is 0 Å². The molecule has 0 aliphatic heterocycles. The van der Waals surface area contributed by atoms with E-state index in [2.05, 4.69) is 10.5 Å². The van der Waals surface area contributed by atoms with Gasteiger partial charge in [0.15, 0.2) is 0 Å². The third-order valence-electron chi connectivity index (χ3n) is 4.83. The number of methoxy groups -OCH3 is 2. The minimum atomic E-state index is -4.16. The van der Waals surface area contributed by atoms with Crippen molar-refractivity contribution in [1.29, 1.82) is 0 Å². The molecule has 0 fully saturated rings. The van der Waals surface area contributed by atoms with E-state index in [1.807, 2.05) is 0 Å². The molecule has 0 saturated heterocycles. The van der Waals surface area contributed by atoms with Gasteiger partial charge in [0.25, 0.3) is 15.9 Å². The van der Waals surface area contributed by atoms with Crippen molar-refractivity contribution >= 4 is 33.8 Å². The Kier molecular flexibility index (Phi) is 8.63. The number of amides is 1. The van der Waals surface area contributed by atoms with E-state index >= 15 is 0 Å². The summed E-state index contributed by atoms with van der Waals surface area (Å²) in [6.07, 6.45) is 1.38. The maximum Gasteiger partial charge on any atom is 0.308 e. The van der Waals surface area contributed by atoms with Gasteiger partial charge < -0.3 is 14.2 Å². The predicted molar refractivity (Wildman–Crippen MR) is 134 cm³/mol. The third-order valence-corrected chi connectivity index (χ3v) is 6.61. The van der Waals surface area contributed by atoms with Gasteiger partial charge in [-0.15, -0.1) is 0 Å². The van der Waals surface area contributed by atoms with Crippen LogP contribution in [0.1, 0.15) is 12.5 Å². The summed E-state index contributed by atoms with van der Waals surface area (Å²) in [5, 5.41) is 3.90. The minimum absolute atomic E-state index is 0.0293. The normalized spacial score (nSPS) is 11.1. The second-order valence-corrected chi connectivity index (χ2v) is 9.18. The van der Waals surface area contributed by atoms with Crippen LogP contribution in [0.25, 0.3) is 0 Å². The summed E-state index contributed by atoms with van der Waals surface area (Å²) in [4.78, 5) is 23.7. The maximum absolute atomic E-state index is 13.5. The molecule has 0 bridgehead atoms. The summed E-state index contributed by atoms with van der Waals surface area (Å²) in [6.45, 7) is 0.742. The number of nitrogens with one attached hydrogen (secondary N) is 1. The molecule has 3 aromatic rings. The van der Waals surface area contributed by atoms with Gasteiger partial charge in [-0.2, -0.15) is 5.10 Å². The van der Waals surface area contributed by atoms with Crippen LogP contribution in [-0.4, -0.2) is 47.3 Å². The summed E-state index contributed by atoms with van der Waals surface area (Å²) in [5.74, 6) is 0.0306. The Morgan fingerprint density at radius 2 is 1.56 bits per heavy atom. The van der Waals surface area contributed by atoms with Gasteiger partial charge in [-0.1, -0.05) is 12.1 Å². The molecule has 0 aliphatic rings. The first-order valence-corrected chi connectivity index (χ1v) is 12.1. The number of hydrogen-bond acceptors (Lipinski definition) is 8. The minimum Gasteiger partial charge on any atom is -0.497 e. The van der Waals surface area contributed by atoms with Crippen molar-refractivity contribution in [3.63, 3.8) is 0 Å². The highest BCUT2D eigenvalue weighted by atomic mass is 32.2. The number of esters is 1. The lowest BCUT2D eigenvalue weighted by atomic mass is 10.2. The number of carbonyl (C=O) groups is 2. The van der Waals surface area contributed by atoms with E-state index in [1.54, 1.807) is 48.5 Å². The van der Waals surface area contributed by atoms with Gasteiger partial charge in [-0.05, 0) is 66.2 Å². The number of anilines is 1. The van der Waals surface area contributed by atoms with E-state index in [0.717, 1.165) is 4.31 Å². The topological polar surface area (TPSA) is 124 Å². The highest BCUT2D eigenvalue weighted by Crippen LogP contribution is 2.32. The van der Waals surface area contributed by atoms with Gasteiger partial charge in [-0.25, -0.2) is 13.8 Å². The Morgan fingerprint density at radius 3 is 2.17 bits per heavy atom. The average molecular weight is 512 g/mol. The number of sulfonamides is 1. The van der Waals surface area contributed by atoms with Crippen molar-refractivity contribution in [2.75, 3.05) is 25.1 Å². The Balaban J connectivity index is 1.81. The number of carbonyl (C=O) groups excluding carboxylic acids is 2. The van der Waals surface area contributed by atoms with E-state index < -0.39 is 28.4 Å². The molecule has 3 rings (SSSR count). The lowest BCUT2D eigenvalue weighted by Gasteiger charge is -2.25. The van der Waals surface area contributed by atoms with Crippen LogP contribution in [0.15, 0.2) is 82.8 Å². The Morgan fingerprint density at radius 1 is 0.917 bits per heavy atom. The molecule has 0 aromatic heterocycles. The Hall–Kier alpha value is -4.38. The lowest BCUT2D eigenvalue weighted by molar-refractivity contribution is -0.131. The summed E-state index contributed by atoms with van der Waals surface area (Å²) < 4.78 is 43.4. The molecule has 11 heteroatoms. The van der Waals surface area contributed by atoms with Crippen LogP contribution in [0.5, 0.6) is 17.2 Å². The van der Waals surface area contributed by atoms with E-state index in [4.69, 9.17) is 14.2 Å². The molecule has 0 heterocycles. The molecule has 0 radical (unpaired) electrons. The highest BCUT2D eigenvalue weighted by molar-refractivity contribution is 7.92. The van der Waals surface area contributed by atoms with Gasteiger partial charge in [0.1, 0.15) is 23.8 Å². The molecule has 1 N–H and O–H groups in total. The van der Waals surface area contributed by atoms with Crippen LogP contribution in [0.2, 0.25) is 0 Å². The van der Waals surface area contributed by atoms with Crippen LogP contribution in [0.3, 0.4) is 0 Å². The summed E-state index contributed by atoms with van der Waals surface area (Å²) >= 11 is 0. The molecule has 0 unspecified atom stereocenters. The van der Waals surface area contributed by atoms with E-state index in [1.165, 1.54) is 51.6 Å². The summed E-state index contributed by atoms with van der Waals surface area (Å²) in [6, 6.07) is 18.7. The standard InChI is InChI=1S/C25H25N3O7S/c1-18(29)35-21-10-8-19(9-11-21)16-26-27-25(30)17-28(23-6-4-5-7-24(23)34-3)36(31,32)22-14-12-20(33-2)13-15-22/h4-16H,17H2,1-3H3,(H,27,30)/b26-16-. The highest BCUT2D eigenvalue weighted by Gasteiger charge is 2.29. The smallest absolute Gasteiger partial charge is 0.308 e. The van der Waals surface area contributed by atoms with Gasteiger partial charge in [-0.3, -0.25) is 13.9 Å². The zero-order valence-electron chi connectivity index (χ0n) is 19.9. The third kappa shape index (κ3) is 6.60. The molecular weight excluding hydrogens is 486 g/mol. The zero-order chi connectivity index (χ0) is 26.1. The number of nitrogens with zero attached hydrogens (tertiary/aromatic N) is 2. The molecular formula is C25H25N3O7S. The molecule has 10 nitrogen and oxygen atoms in total. The fourth-order valence-electron chi connectivity index (χ4n) is 3.14. The van der Waals surface area contributed by atoms with Gasteiger partial charge >= 0.3 is 5.97 Å². The molecule has 0 saturated carbocycles. The van der Waals surface area contributed by atoms with Crippen molar-refractivity contribution in [1.82, 2.24) is 5.43 Å². The number of para-hydroxylation sites is 2. The quantitative estimate of drug-likeness (QED) is 0.192. The number of ether oxygens (including phenoxy) is 3. The van der Waals surface area contributed by atoms with Crippen LogP contribution < -0.4 is 23.9 Å². The number of rotatable bonds is 10. The van der Waals surface area contributed by atoms with E-state index in [-0.39, 0.29) is 16.3 Å². The fourth-order valence-corrected chi connectivity index (χ4v) is 4.57. The molecule has 188 valence electrons. The Bertz CT molecular complexity index is 1340. The van der Waals surface area contributed by atoms with Crippen molar-refractivity contribution in [2.45, 2.75) is 11.8 Å². The number of hydrogen-bond donors (Lipinski definition) is 1. The van der Waals surface area contributed by atoms with Crippen LogP contribution in [0.4, 0.5) is 5.69 Å². The average Bonchev–Trinajstić information content (AvgIpc) is 2.88. The van der Waals surface area contributed by atoms with Gasteiger partial charge in [0.05, 0.1) is 31.0 Å². The SMILES string of the molecule is COc1ccc(S(=O)(=O)N(CC(=O)N/N=C\c2ccc(OC(C)=O)cc2)c2ccccc2OC)cc1. The monoisotopic (exact) mass is 511 g/mol. The van der Waals surface area contributed by atoms with Crippen LogP contribution >= 0.6 is 0 Å². The number of hydrazone groups is 1. The van der Waals surface area contributed by atoms with Crippen molar-refractivity contribution < 1.29 is 32.2 Å². The van der Waals surface area contributed by atoms with Crippen LogP contribution in [0, 0.1) is 0 Å². The van der Waals surface area contributed by atoms with Crippen molar-refractivity contribution in [3.05, 3.63) is 78.4 Å². The van der Waals surface area contributed by atoms with Crippen molar-refractivity contribution in [3.8, 4) is 17.2 Å². The van der Waals surface area contributed by atoms with Crippen molar-refractivity contribution in [2.24, 2.45) is 5.10 Å². The molecule has 0 aliphatic carbocycles.